The Labute approximate surface area is 122 Å². The van der Waals surface area contributed by atoms with Crippen molar-refractivity contribution in [3.63, 3.8) is 0 Å². The summed E-state index contributed by atoms with van der Waals surface area (Å²) >= 11 is 0. The average molecular weight is 274 g/mol. The fourth-order valence-corrected chi connectivity index (χ4v) is 3.13. The van der Waals surface area contributed by atoms with Gasteiger partial charge >= 0.3 is 0 Å². The summed E-state index contributed by atoms with van der Waals surface area (Å²) in [5.74, 6) is 0.526. The lowest BCUT2D eigenvalue weighted by atomic mass is 9.93. The molecule has 0 unspecified atom stereocenters. The minimum atomic E-state index is 0.356. The van der Waals surface area contributed by atoms with Gasteiger partial charge in [-0.15, -0.1) is 0 Å². The largest absolute Gasteiger partial charge is 0.396 e. The van der Waals surface area contributed by atoms with E-state index in [2.05, 4.69) is 34.5 Å². The highest BCUT2D eigenvalue weighted by atomic mass is 16.3. The molecular formula is C17H26N2O. The minimum Gasteiger partial charge on any atom is -0.396 e. The number of benzene rings is 1. The molecule has 2 N–H and O–H groups in total. The zero-order chi connectivity index (χ0) is 13.8. The number of aliphatic hydroxyl groups is 1. The number of hydrogen-bond acceptors (Lipinski definition) is 3. The predicted molar refractivity (Wildman–Crippen MR) is 82.8 cm³/mol. The first-order valence-electron chi connectivity index (χ1n) is 8.02. The van der Waals surface area contributed by atoms with Crippen molar-refractivity contribution in [2.24, 2.45) is 5.92 Å². The third-order valence-electron chi connectivity index (χ3n) is 4.77. The second kappa shape index (κ2) is 6.59. The fraction of sp³-hybridized carbons (Fsp3) is 0.647. The van der Waals surface area contributed by atoms with Gasteiger partial charge < -0.3 is 10.4 Å². The number of nitrogens with one attached hydrogen (secondary N) is 1. The van der Waals surface area contributed by atoms with Crippen molar-refractivity contribution in [3.8, 4) is 0 Å². The first kappa shape index (κ1) is 13.9. The molecule has 1 aliphatic heterocycles. The molecule has 1 aromatic carbocycles. The highest BCUT2D eigenvalue weighted by Crippen LogP contribution is 2.24. The van der Waals surface area contributed by atoms with Crippen molar-refractivity contribution >= 4 is 5.69 Å². The number of aliphatic hydroxyl groups excluding tert-OH is 1. The first-order chi connectivity index (χ1) is 9.83. The van der Waals surface area contributed by atoms with E-state index in [0.717, 1.165) is 32.5 Å². The van der Waals surface area contributed by atoms with Gasteiger partial charge in [-0.25, -0.2) is 0 Å². The molecule has 3 nitrogen and oxygen atoms in total. The zero-order valence-electron chi connectivity index (χ0n) is 12.2. The fourth-order valence-electron chi connectivity index (χ4n) is 3.13. The van der Waals surface area contributed by atoms with Gasteiger partial charge in [0.25, 0.3) is 0 Å². The Morgan fingerprint density at radius 3 is 2.60 bits per heavy atom. The van der Waals surface area contributed by atoms with E-state index in [4.69, 9.17) is 0 Å². The van der Waals surface area contributed by atoms with Crippen LogP contribution in [0.3, 0.4) is 0 Å². The number of nitrogens with zero attached hydrogens (tertiary/aromatic N) is 1. The topological polar surface area (TPSA) is 35.5 Å². The van der Waals surface area contributed by atoms with Crippen LogP contribution in [-0.4, -0.2) is 35.7 Å². The van der Waals surface area contributed by atoms with Crippen molar-refractivity contribution in [1.29, 1.82) is 0 Å². The van der Waals surface area contributed by atoms with Crippen LogP contribution < -0.4 is 5.32 Å². The lowest BCUT2D eigenvalue weighted by molar-refractivity contribution is 0.127. The summed E-state index contributed by atoms with van der Waals surface area (Å²) in [5, 5.41) is 12.8. The van der Waals surface area contributed by atoms with Crippen molar-refractivity contribution in [2.75, 3.05) is 25.0 Å². The van der Waals surface area contributed by atoms with Crippen LogP contribution >= 0.6 is 0 Å². The molecule has 1 heterocycles. The summed E-state index contributed by atoms with van der Waals surface area (Å²) in [6.45, 7) is 3.63. The predicted octanol–water partition coefficient (Wildman–Crippen LogP) is 2.86. The maximum absolute atomic E-state index is 9.19. The highest BCUT2D eigenvalue weighted by Gasteiger charge is 2.19. The third kappa shape index (κ3) is 3.53. The van der Waals surface area contributed by atoms with Gasteiger partial charge in [0.05, 0.1) is 0 Å². The molecule has 0 bridgehead atoms. The van der Waals surface area contributed by atoms with Crippen LogP contribution in [0, 0.1) is 5.92 Å². The standard InChI is InChI=1S/C17H26N2O/c20-13-14-7-9-19(10-8-14)12-15-3-1-6-17(11-15)18-16-4-2-5-16/h1,3,6,11,14,16,18,20H,2,4-5,7-10,12-13H2. The maximum Gasteiger partial charge on any atom is 0.0460 e. The van der Waals surface area contributed by atoms with Gasteiger partial charge in [-0.05, 0) is 68.8 Å². The molecule has 110 valence electrons. The Bertz CT molecular complexity index is 423. The molecule has 2 fully saturated rings. The molecule has 1 saturated heterocycles. The number of likely N-dealkylation sites (tertiary alicyclic amines) is 1. The molecule has 2 aliphatic rings. The van der Waals surface area contributed by atoms with Gasteiger partial charge in [-0.3, -0.25) is 4.90 Å². The molecule has 1 saturated carbocycles. The Morgan fingerprint density at radius 2 is 1.95 bits per heavy atom. The summed E-state index contributed by atoms with van der Waals surface area (Å²) in [6.07, 6.45) is 6.28. The number of rotatable bonds is 5. The van der Waals surface area contributed by atoms with E-state index in [1.165, 1.54) is 30.5 Å². The van der Waals surface area contributed by atoms with Gasteiger partial charge in [-0.2, -0.15) is 0 Å². The molecular weight excluding hydrogens is 248 g/mol. The van der Waals surface area contributed by atoms with Gasteiger partial charge in [0.2, 0.25) is 0 Å². The second-order valence-electron chi connectivity index (χ2n) is 6.37. The molecule has 1 aliphatic carbocycles. The first-order valence-corrected chi connectivity index (χ1v) is 8.02. The SMILES string of the molecule is OCC1CCN(Cc2cccc(NC3CCC3)c2)CC1. The average Bonchev–Trinajstić information content (AvgIpc) is 2.44. The van der Waals surface area contributed by atoms with E-state index in [1.54, 1.807) is 0 Å². The van der Waals surface area contributed by atoms with E-state index >= 15 is 0 Å². The lowest BCUT2D eigenvalue weighted by Crippen LogP contribution is -2.34. The number of piperidine rings is 1. The molecule has 1 aromatic rings. The summed E-state index contributed by atoms with van der Waals surface area (Å²) < 4.78 is 0. The monoisotopic (exact) mass is 274 g/mol. The van der Waals surface area contributed by atoms with Crippen molar-refractivity contribution in [2.45, 2.75) is 44.7 Å². The van der Waals surface area contributed by atoms with Crippen LogP contribution in [-0.2, 0) is 6.54 Å². The molecule has 0 atom stereocenters. The normalized spacial score (nSPS) is 21.6. The third-order valence-corrected chi connectivity index (χ3v) is 4.77. The van der Waals surface area contributed by atoms with E-state index < -0.39 is 0 Å². The van der Waals surface area contributed by atoms with E-state index in [-0.39, 0.29) is 0 Å². The lowest BCUT2D eigenvalue weighted by Gasteiger charge is -2.31. The van der Waals surface area contributed by atoms with Gasteiger partial charge in [0.1, 0.15) is 0 Å². The quantitative estimate of drug-likeness (QED) is 0.866. The van der Waals surface area contributed by atoms with Crippen LogP contribution in [0.15, 0.2) is 24.3 Å². The minimum absolute atomic E-state index is 0.356. The molecule has 0 spiro atoms. The molecule has 0 amide bonds. The van der Waals surface area contributed by atoms with Crippen LogP contribution in [0.25, 0.3) is 0 Å². The van der Waals surface area contributed by atoms with E-state index in [0.29, 0.717) is 18.6 Å². The molecule has 0 radical (unpaired) electrons. The van der Waals surface area contributed by atoms with E-state index in [1.807, 2.05) is 0 Å². The Kier molecular flexibility index (Phi) is 4.58. The Hall–Kier alpha value is -1.06. The van der Waals surface area contributed by atoms with Gasteiger partial charge in [-0.1, -0.05) is 12.1 Å². The Morgan fingerprint density at radius 1 is 1.15 bits per heavy atom. The van der Waals surface area contributed by atoms with Crippen LogP contribution in [0.1, 0.15) is 37.7 Å². The molecule has 3 rings (SSSR count). The molecule has 0 aromatic heterocycles. The number of hydrogen-bond donors (Lipinski definition) is 2. The summed E-state index contributed by atoms with van der Waals surface area (Å²) in [5.41, 5.74) is 2.68. The Balaban J connectivity index is 1.53. The van der Waals surface area contributed by atoms with Crippen molar-refractivity contribution < 1.29 is 5.11 Å². The van der Waals surface area contributed by atoms with Crippen LogP contribution in [0.2, 0.25) is 0 Å². The van der Waals surface area contributed by atoms with Gasteiger partial charge in [0.15, 0.2) is 0 Å². The van der Waals surface area contributed by atoms with E-state index in [9.17, 15) is 5.11 Å². The molecule has 3 heteroatoms. The van der Waals surface area contributed by atoms with Crippen LogP contribution in [0.4, 0.5) is 5.69 Å². The maximum atomic E-state index is 9.19. The van der Waals surface area contributed by atoms with Gasteiger partial charge in [0, 0.05) is 24.9 Å². The van der Waals surface area contributed by atoms with Crippen molar-refractivity contribution in [1.82, 2.24) is 4.90 Å². The molecule has 20 heavy (non-hydrogen) atoms. The van der Waals surface area contributed by atoms with Crippen LogP contribution in [0.5, 0.6) is 0 Å². The summed E-state index contributed by atoms with van der Waals surface area (Å²) in [6, 6.07) is 9.57. The zero-order valence-corrected chi connectivity index (χ0v) is 12.2. The van der Waals surface area contributed by atoms with Crippen molar-refractivity contribution in [3.05, 3.63) is 29.8 Å². The second-order valence-corrected chi connectivity index (χ2v) is 6.37. The summed E-state index contributed by atoms with van der Waals surface area (Å²) in [4.78, 5) is 2.51. The number of anilines is 1. The summed E-state index contributed by atoms with van der Waals surface area (Å²) in [7, 11) is 0. The smallest absolute Gasteiger partial charge is 0.0460 e. The highest BCUT2D eigenvalue weighted by molar-refractivity contribution is 5.46.